The Morgan fingerprint density at radius 2 is 1.78 bits per heavy atom. The third-order valence-corrected chi connectivity index (χ3v) is 4.95. The molecule has 0 aliphatic carbocycles. The van der Waals surface area contributed by atoms with E-state index in [1.54, 1.807) is 20.3 Å². The molecule has 5 nitrogen and oxygen atoms in total. The van der Waals surface area contributed by atoms with Gasteiger partial charge in [0.05, 0.1) is 20.3 Å². The highest BCUT2D eigenvalue weighted by Gasteiger charge is 2.35. The van der Waals surface area contributed by atoms with E-state index >= 15 is 0 Å². The first kappa shape index (κ1) is 17.2. The molecule has 1 aliphatic rings. The van der Waals surface area contributed by atoms with Gasteiger partial charge in [-0.1, -0.05) is 12.1 Å². The molecule has 2 aromatic carbocycles. The van der Waals surface area contributed by atoms with Crippen LogP contribution in [0.3, 0.4) is 0 Å². The summed E-state index contributed by atoms with van der Waals surface area (Å²) in [6.07, 6.45) is 0.935. The minimum atomic E-state index is -0.0890. The van der Waals surface area contributed by atoms with Gasteiger partial charge in [0.1, 0.15) is 17.3 Å². The largest absolute Gasteiger partial charge is 0.497 e. The maximum absolute atomic E-state index is 12.9. The van der Waals surface area contributed by atoms with Crippen molar-refractivity contribution < 1.29 is 18.7 Å². The SMILES string of the molecule is COc1ccc(-c2ccc(C(=O)N3CC[C@@H]3c3cccc(OC)c3)o2)cc1. The Bertz CT molecular complexity index is 945. The summed E-state index contributed by atoms with van der Waals surface area (Å²) in [7, 11) is 3.27. The van der Waals surface area contributed by atoms with Crippen LogP contribution in [0, 0.1) is 0 Å². The van der Waals surface area contributed by atoms with Crippen LogP contribution in [0.2, 0.25) is 0 Å². The number of ether oxygens (including phenoxy) is 2. The van der Waals surface area contributed by atoms with Gasteiger partial charge >= 0.3 is 0 Å². The lowest BCUT2D eigenvalue weighted by Gasteiger charge is -2.40. The van der Waals surface area contributed by atoms with Gasteiger partial charge in [-0.25, -0.2) is 0 Å². The maximum Gasteiger partial charge on any atom is 0.290 e. The van der Waals surface area contributed by atoms with E-state index in [0.717, 1.165) is 35.6 Å². The van der Waals surface area contributed by atoms with E-state index in [0.29, 0.717) is 11.5 Å². The zero-order valence-electron chi connectivity index (χ0n) is 15.3. The number of hydrogen-bond donors (Lipinski definition) is 0. The van der Waals surface area contributed by atoms with Gasteiger partial charge in [-0.15, -0.1) is 0 Å². The van der Waals surface area contributed by atoms with Gasteiger partial charge in [-0.3, -0.25) is 4.79 Å². The molecule has 0 bridgehead atoms. The van der Waals surface area contributed by atoms with Crippen LogP contribution in [-0.2, 0) is 0 Å². The smallest absolute Gasteiger partial charge is 0.290 e. The van der Waals surface area contributed by atoms with E-state index in [1.807, 2.05) is 59.5 Å². The van der Waals surface area contributed by atoms with Crippen molar-refractivity contribution in [3.63, 3.8) is 0 Å². The fourth-order valence-electron chi connectivity index (χ4n) is 3.33. The number of carbonyl (C=O) groups is 1. The van der Waals surface area contributed by atoms with Crippen molar-refractivity contribution in [2.45, 2.75) is 12.5 Å². The molecule has 4 rings (SSSR count). The van der Waals surface area contributed by atoms with Crippen LogP contribution >= 0.6 is 0 Å². The number of amides is 1. The van der Waals surface area contributed by atoms with E-state index in [9.17, 15) is 4.79 Å². The number of nitrogens with zero attached hydrogens (tertiary/aromatic N) is 1. The van der Waals surface area contributed by atoms with E-state index in [-0.39, 0.29) is 11.9 Å². The lowest BCUT2D eigenvalue weighted by molar-refractivity contribution is 0.0428. The zero-order chi connectivity index (χ0) is 18.8. The highest BCUT2D eigenvalue weighted by molar-refractivity contribution is 5.93. The Hall–Kier alpha value is -3.21. The van der Waals surface area contributed by atoms with Gasteiger partial charge < -0.3 is 18.8 Å². The number of furan rings is 1. The average molecular weight is 363 g/mol. The van der Waals surface area contributed by atoms with Crippen molar-refractivity contribution >= 4 is 5.91 Å². The molecule has 2 heterocycles. The average Bonchev–Trinajstić information content (AvgIpc) is 3.17. The lowest BCUT2D eigenvalue weighted by atomic mass is 9.94. The second kappa shape index (κ2) is 7.19. The molecule has 1 saturated heterocycles. The molecule has 0 radical (unpaired) electrons. The van der Waals surface area contributed by atoms with Crippen molar-refractivity contribution in [3.05, 3.63) is 72.0 Å². The summed E-state index contributed by atoms with van der Waals surface area (Å²) in [6.45, 7) is 0.722. The van der Waals surface area contributed by atoms with Crippen molar-refractivity contribution in [2.24, 2.45) is 0 Å². The van der Waals surface area contributed by atoms with E-state index in [1.165, 1.54) is 0 Å². The number of benzene rings is 2. The summed E-state index contributed by atoms with van der Waals surface area (Å²) in [6, 6.07) is 19.0. The molecule has 0 spiro atoms. The highest BCUT2D eigenvalue weighted by atomic mass is 16.5. The molecule has 27 heavy (non-hydrogen) atoms. The molecule has 0 saturated carbocycles. The van der Waals surface area contributed by atoms with Gasteiger partial charge in [0.25, 0.3) is 5.91 Å². The molecule has 5 heteroatoms. The molecule has 1 amide bonds. The molecule has 138 valence electrons. The minimum Gasteiger partial charge on any atom is -0.497 e. The second-order valence-corrected chi connectivity index (χ2v) is 6.47. The quantitative estimate of drug-likeness (QED) is 0.667. The normalized spacial score (nSPS) is 15.9. The second-order valence-electron chi connectivity index (χ2n) is 6.47. The van der Waals surface area contributed by atoms with Crippen LogP contribution in [0.4, 0.5) is 0 Å². The lowest BCUT2D eigenvalue weighted by Crippen LogP contribution is -2.45. The van der Waals surface area contributed by atoms with Crippen LogP contribution in [0.15, 0.2) is 65.1 Å². The Labute approximate surface area is 158 Å². The predicted molar refractivity (Wildman–Crippen MR) is 102 cm³/mol. The minimum absolute atomic E-state index is 0.0575. The molecular formula is C22H21NO4. The van der Waals surface area contributed by atoms with Gasteiger partial charge in [0, 0.05) is 12.1 Å². The van der Waals surface area contributed by atoms with Crippen molar-refractivity contribution in [1.29, 1.82) is 0 Å². The number of likely N-dealkylation sites (tertiary alicyclic amines) is 1. The first-order valence-electron chi connectivity index (χ1n) is 8.89. The first-order chi connectivity index (χ1) is 13.2. The van der Waals surface area contributed by atoms with Crippen LogP contribution in [0.5, 0.6) is 11.5 Å². The third kappa shape index (κ3) is 3.28. The molecule has 1 aromatic heterocycles. The third-order valence-electron chi connectivity index (χ3n) is 4.95. The molecular weight excluding hydrogens is 342 g/mol. The van der Waals surface area contributed by atoms with E-state index in [4.69, 9.17) is 13.9 Å². The van der Waals surface area contributed by atoms with Gasteiger partial charge in [0.15, 0.2) is 5.76 Å². The van der Waals surface area contributed by atoms with E-state index < -0.39 is 0 Å². The summed E-state index contributed by atoms with van der Waals surface area (Å²) in [5.74, 6) is 2.51. The number of hydrogen-bond acceptors (Lipinski definition) is 4. The summed E-state index contributed by atoms with van der Waals surface area (Å²) >= 11 is 0. The van der Waals surface area contributed by atoms with Gasteiger partial charge in [-0.05, 0) is 60.5 Å². The fourth-order valence-corrected chi connectivity index (χ4v) is 3.33. The molecule has 1 atom stereocenters. The monoisotopic (exact) mass is 363 g/mol. The molecule has 3 aromatic rings. The number of methoxy groups -OCH3 is 2. The van der Waals surface area contributed by atoms with Gasteiger partial charge in [-0.2, -0.15) is 0 Å². The van der Waals surface area contributed by atoms with Crippen LogP contribution in [0.1, 0.15) is 28.6 Å². The summed E-state index contributed by atoms with van der Waals surface area (Å²) < 4.78 is 16.3. The maximum atomic E-state index is 12.9. The number of rotatable bonds is 5. The van der Waals surface area contributed by atoms with Crippen molar-refractivity contribution in [1.82, 2.24) is 4.90 Å². The topological polar surface area (TPSA) is 51.9 Å². The first-order valence-corrected chi connectivity index (χ1v) is 8.89. The van der Waals surface area contributed by atoms with Crippen molar-refractivity contribution in [2.75, 3.05) is 20.8 Å². The molecule has 0 unspecified atom stereocenters. The van der Waals surface area contributed by atoms with Crippen LogP contribution in [0.25, 0.3) is 11.3 Å². The fraction of sp³-hybridized carbons (Fsp3) is 0.227. The van der Waals surface area contributed by atoms with Crippen molar-refractivity contribution in [3.8, 4) is 22.8 Å². The zero-order valence-corrected chi connectivity index (χ0v) is 15.3. The Balaban J connectivity index is 1.52. The summed E-state index contributed by atoms with van der Waals surface area (Å²) in [5.41, 5.74) is 1.98. The van der Waals surface area contributed by atoms with Gasteiger partial charge in [0.2, 0.25) is 0 Å². The van der Waals surface area contributed by atoms with Crippen LogP contribution in [-0.4, -0.2) is 31.6 Å². The Morgan fingerprint density at radius 1 is 1.00 bits per heavy atom. The standard InChI is InChI=1S/C22H21NO4/c1-25-17-8-6-15(7-9-17)20-10-11-21(27-20)22(24)23-13-12-19(23)16-4-3-5-18(14-16)26-2/h3-11,14,19H,12-13H2,1-2H3/t19-/m1/s1. The summed E-state index contributed by atoms with van der Waals surface area (Å²) in [4.78, 5) is 14.7. The van der Waals surface area contributed by atoms with Crippen LogP contribution < -0.4 is 9.47 Å². The Kier molecular flexibility index (Phi) is 4.59. The highest BCUT2D eigenvalue weighted by Crippen LogP contribution is 2.36. The Morgan fingerprint density at radius 3 is 2.44 bits per heavy atom. The summed E-state index contributed by atoms with van der Waals surface area (Å²) in [5, 5.41) is 0. The molecule has 1 aliphatic heterocycles. The number of carbonyl (C=O) groups excluding carboxylic acids is 1. The molecule has 1 fully saturated rings. The molecule has 0 N–H and O–H groups in total. The van der Waals surface area contributed by atoms with E-state index in [2.05, 4.69) is 0 Å². The predicted octanol–water partition coefficient (Wildman–Crippen LogP) is 4.55.